The molecule has 0 saturated carbocycles. The summed E-state index contributed by atoms with van der Waals surface area (Å²) >= 11 is 0. The second-order valence-electron chi connectivity index (χ2n) is 12.9. The molecule has 7 rings (SSSR count). The highest BCUT2D eigenvalue weighted by molar-refractivity contribution is 6.04. The summed E-state index contributed by atoms with van der Waals surface area (Å²) in [5, 5.41) is 30.0. The standard InChI is InChI=1S/C36H39F2N9O3/c1-21-26(27-6-4-8-29(22(27)2)42-36(50)31-16-24-19-45(13-14-48)11-12-47(24)44-31)5-3-7-28(21)40-34-32-30(41-35(43-34)33(37)38)15-23(17-39-32)18-46-10-9-25(49)20-46/h3-8,15-17,25,33,48-49H,9-14,18-20H2,1-2H3,(H,42,50)(H,40,41,43)/t25-/m1/s1. The molecule has 2 aromatic carbocycles. The fourth-order valence-corrected chi connectivity index (χ4v) is 6.77. The second-order valence-corrected chi connectivity index (χ2v) is 12.9. The number of likely N-dealkylation sites (tertiary alicyclic amines) is 1. The van der Waals surface area contributed by atoms with Crippen LogP contribution >= 0.6 is 0 Å². The predicted octanol–water partition coefficient (Wildman–Crippen LogP) is 4.81. The number of nitrogens with zero attached hydrogens (tertiary/aromatic N) is 7. The van der Waals surface area contributed by atoms with Crippen LogP contribution in [0.25, 0.3) is 22.2 Å². The SMILES string of the molecule is Cc1c(NC(=O)c2cc3n(n2)CCN(CCO)C3)cccc1-c1cccc(Nc2nc(C(F)F)nc3cc(CN4CC[C@@H](O)C4)cnc23)c1C. The van der Waals surface area contributed by atoms with Crippen molar-refractivity contribution < 1.29 is 23.8 Å². The minimum absolute atomic E-state index is 0.0806. The molecule has 0 aliphatic carbocycles. The van der Waals surface area contributed by atoms with Crippen LogP contribution in [0.1, 0.15) is 51.5 Å². The van der Waals surface area contributed by atoms with E-state index >= 15 is 0 Å². The maximum Gasteiger partial charge on any atom is 0.297 e. The van der Waals surface area contributed by atoms with Gasteiger partial charge >= 0.3 is 0 Å². The van der Waals surface area contributed by atoms with Gasteiger partial charge in [0.05, 0.1) is 30.5 Å². The third-order valence-corrected chi connectivity index (χ3v) is 9.44. The molecule has 1 fully saturated rings. The van der Waals surface area contributed by atoms with E-state index < -0.39 is 12.2 Å². The van der Waals surface area contributed by atoms with Gasteiger partial charge in [-0.1, -0.05) is 24.3 Å². The van der Waals surface area contributed by atoms with Gasteiger partial charge in [0.25, 0.3) is 12.3 Å². The van der Waals surface area contributed by atoms with Crippen LogP contribution in [0.5, 0.6) is 0 Å². The van der Waals surface area contributed by atoms with Crippen molar-refractivity contribution in [1.29, 1.82) is 0 Å². The largest absolute Gasteiger partial charge is 0.395 e. The van der Waals surface area contributed by atoms with Crippen molar-refractivity contribution in [1.82, 2.24) is 34.5 Å². The molecular formula is C36H39F2N9O3. The van der Waals surface area contributed by atoms with Gasteiger partial charge in [0.15, 0.2) is 17.3 Å². The lowest BCUT2D eigenvalue weighted by molar-refractivity contribution is 0.102. The maximum absolute atomic E-state index is 14.0. The number of β-amino-alcohol motifs (C(OH)–C–C–N with tert-alkyl or cyclic N) is 2. The van der Waals surface area contributed by atoms with Crippen LogP contribution in [0.2, 0.25) is 0 Å². The van der Waals surface area contributed by atoms with Gasteiger partial charge in [0, 0.05) is 56.8 Å². The number of aromatic nitrogens is 5. The lowest BCUT2D eigenvalue weighted by atomic mass is 9.94. The van der Waals surface area contributed by atoms with Gasteiger partial charge in [0.1, 0.15) is 5.52 Å². The molecule has 1 amide bonds. The Hall–Kier alpha value is -4.89. The molecule has 0 bridgehead atoms. The summed E-state index contributed by atoms with van der Waals surface area (Å²) in [6.07, 6.45) is -0.850. The molecule has 50 heavy (non-hydrogen) atoms. The molecule has 1 atom stereocenters. The molecule has 12 nitrogen and oxygen atoms in total. The van der Waals surface area contributed by atoms with E-state index in [9.17, 15) is 23.8 Å². The van der Waals surface area contributed by atoms with Crippen molar-refractivity contribution in [2.75, 3.05) is 43.4 Å². The van der Waals surface area contributed by atoms with E-state index in [2.05, 4.69) is 40.5 Å². The average molecular weight is 684 g/mol. The highest BCUT2D eigenvalue weighted by Gasteiger charge is 2.23. The van der Waals surface area contributed by atoms with E-state index in [1.807, 2.05) is 54.9 Å². The fraction of sp³-hybridized carbons (Fsp3) is 0.361. The first-order valence-corrected chi connectivity index (χ1v) is 16.7. The van der Waals surface area contributed by atoms with E-state index in [0.29, 0.717) is 67.2 Å². The molecule has 260 valence electrons. The number of fused-ring (bicyclic) bond motifs is 2. The zero-order chi connectivity index (χ0) is 34.9. The summed E-state index contributed by atoms with van der Waals surface area (Å²) in [4.78, 5) is 30.4. The molecule has 14 heteroatoms. The van der Waals surface area contributed by atoms with Crippen LogP contribution in [-0.4, -0.2) is 89.5 Å². The van der Waals surface area contributed by atoms with Gasteiger partial charge in [-0.2, -0.15) is 5.10 Å². The molecule has 0 radical (unpaired) electrons. The lowest BCUT2D eigenvalue weighted by Crippen LogP contribution is -2.35. The summed E-state index contributed by atoms with van der Waals surface area (Å²) in [5.74, 6) is -0.731. The Morgan fingerprint density at radius 3 is 2.48 bits per heavy atom. The van der Waals surface area contributed by atoms with Crippen LogP contribution in [0.3, 0.4) is 0 Å². The molecule has 0 unspecified atom stereocenters. The third-order valence-electron chi connectivity index (χ3n) is 9.44. The Morgan fingerprint density at radius 1 is 1.00 bits per heavy atom. The number of nitrogens with one attached hydrogen (secondary N) is 2. The lowest BCUT2D eigenvalue weighted by Gasteiger charge is -2.26. The summed E-state index contributed by atoms with van der Waals surface area (Å²) < 4.78 is 29.8. The number of pyridine rings is 1. The zero-order valence-corrected chi connectivity index (χ0v) is 27.9. The van der Waals surface area contributed by atoms with E-state index in [1.54, 1.807) is 18.3 Å². The number of hydrogen-bond donors (Lipinski definition) is 4. The minimum Gasteiger partial charge on any atom is -0.395 e. The van der Waals surface area contributed by atoms with Gasteiger partial charge in [-0.25, -0.2) is 18.7 Å². The molecule has 5 heterocycles. The van der Waals surface area contributed by atoms with Crippen LogP contribution in [0, 0.1) is 13.8 Å². The third kappa shape index (κ3) is 6.92. The van der Waals surface area contributed by atoms with E-state index in [0.717, 1.165) is 46.6 Å². The van der Waals surface area contributed by atoms with E-state index in [1.165, 1.54) is 0 Å². The van der Waals surface area contributed by atoms with Crippen molar-refractivity contribution in [3.63, 3.8) is 0 Å². The van der Waals surface area contributed by atoms with Gasteiger partial charge in [-0.15, -0.1) is 0 Å². The van der Waals surface area contributed by atoms with Crippen LogP contribution in [0.4, 0.5) is 26.0 Å². The number of aliphatic hydroxyl groups is 2. The Morgan fingerprint density at radius 2 is 1.76 bits per heavy atom. The number of carbonyl (C=O) groups excluding carboxylic acids is 1. The van der Waals surface area contributed by atoms with Crippen LogP contribution < -0.4 is 10.6 Å². The number of hydrogen-bond acceptors (Lipinski definition) is 10. The highest BCUT2D eigenvalue weighted by atomic mass is 19.3. The van der Waals surface area contributed by atoms with Crippen molar-refractivity contribution >= 4 is 34.1 Å². The topological polar surface area (TPSA) is 145 Å². The molecule has 2 aliphatic heterocycles. The Labute approximate surface area is 287 Å². The summed E-state index contributed by atoms with van der Waals surface area (Å²) in [6, 6.07) is 14.9. The van der Waals surface area contributed by atoms with Gasteiger partial charge in [-0.3, -0.25) is 24.3 Å². The molecule has 5 aromatic rings. The number of benzene rings is 2. The first-order valence-electron chi connectivity index (χ1n) is 16.7. The first kappa shape index (κ1) is 33.6. The summed E-state index contributed by atoms with van der Waals surface area (Å²) in [5.41, 5.74) is 7.53. The number of amides is 1. The molecule has 4 N–H and O–H groups in total. The van der Waals surface area contributed by atoms with Crippen LogP contribution in [-0.2, 0) is 19.6 Å². The fourth-order valence-electron chi connectivity index (χ4n) is 6.77. The monoisotopic (exact) mass is 683 g/mol. The normalized spacial score (nSPS) is 16.7. The Bertz CT molecular complexity index is 2050. The number of halogens is 2. The Balaban J connectivity index is 1.14. The van der Waals surface area contributed by atoms with Gasteiger partial charge in [-0.05, 0) is 72.4 Å². The number of rotatable bonds is 10. The summed E-state index contributed by atoms with van der Waals surface area (Å²) in [6.45, 7) is 8.39. The maximum atomic E-state index is 14.0. The number of alkyl halides is 2. The van der Waals surface area contributed by atoms with Crippen molar-refractivity contribution in [3.8, 4) is 11.1 Å². The molecule has 3 aromatic heterocycles. The zero-order valence-electron chi connectivity index (χ0n) is 27.9. The number of anilines is 3. The van der Waals surface area contributed by atoms with Gasteiger partial charge < -0.3 is 20.8 Å². The number of carbonyl (C=O) groups is 1. The quantitative estimate of drug-likeness (QED) is 0.162. The molecule has 0 spiro atoms. The summed E-state index contributed by atoms with van der Waals surface area (Å²) in [7, 11) is 0. The first-order chi connectivity index (χ1) is 24.2. The molecule has 1 saturated heterocycles. The van der Waals surface area contributed by atoms with Crippen molar-refractivity contribution in [3.05, 3.63) is 88.6 Å². The molecule has 2 aliphatic rings. The minimum atomic E-state index is -2.88. The second kappa shape index (κ2) is 14.2. The van der Waals surface area contributed by atoms with Crippen LogP contribution in [0.15, 0.2) is 54.7 Å². The van der Waals surface area contributed by atoms with Crippen molar-refractivity contribution in [2.24, 2.45) is 0 Å². The Kier molecular flexibility index (Phi) is 9.51. The number of aliphatic hydroxyl groups excluding tert-OH is 2. The highest BCUT2D eigenvalue weighted by Crippen LogP contribution is 2.36. The predicted molar refractivity (Wildman–Crippen MR) is 185 cm³/mol. The smallest absolute Gasteiger partial charge is 0.297 e. The molecular weight excluding hydrogens is 644 g/mol. The van der Waals surface area contributed by atoms with Gasteiger partial charge in [0.2, 0.25) is 0 Å². The van der Waals surface area contributed by atoms with Crippen molar-refractivity contribution in [2.45, 2.75) is 52.4 Å². The van der Waals surface area contributed by atoms with E-state index in [-0.39, 0.29) is 24.4 Å². The van der Waals surface area contributed by atoms with E-state index in [4.69, 9.17) is 0 Å². The average Bonchev–Trinajstić information content (AvgIpc) is 3.72.